The first kappa shape index (κ1) is 16.9. The lowest BCUT2D eigenvalue weighted by Gasteiger charge is -2.32. The van der Waals surface area contributed by atoms with E-state index in [0.717, 1.165) is 52.5 Å². The molecule has 0 saturated carbocycles. The zero-order valence-corrected chi connectivity index (χ0v) is 14.2. The molecule has 0 unspecified atom stereocenters. The van der Waals surface area contributed by atoms with Crippen LogP contribution in [0, 0.1) is 5.92 Å². The maximum Gasteiger partial charge on any atom is 0.0594 e. The Kier molecular flexibility index (Phi) is 6.46. The number of nitrogens with one attached hydrogen (secondary N) is 1. The lowest BCUT2D eigenvalue weighted by molar-refractivity contribution is 0.0336. The molecule has 0 bridgehead atoms. The Morgan fingerprint density at radius 3 is 2.61 bits per heavy atom. The summed E-state index contributed by atoms with van der Waals surface area (Å²) in [7, 11) is 0. The van der Waals surface area contributed by atoms with Crippen LogP contribution < -0.4 is 5.32 Å². The second kappa shape index (κ2) is 8.78. The third kappa shape index (κ3) is 5.28. The van der Waals surface area contributed by atoms with Crippen molar-refractivity contribution in [2.24, 2.45) is 5.92 Å². The van der Waals surface area contributed by atoms with Crippen LogP contribution in [-0.2, 0) is 9.47 Å². The van der Waals surface area contributed by atoms with Gasteiger partial charge in [0.2, 0.25) is 0 Å². The Morgan fingerprint density at radius 1 is 1.13 bits per heavy atom. The Balaban J connectivity index is 1.57. The van der Waals surface area contributed by atoms with Gasteiger partial charge in [0.15, 0.2) is 0 Å². The first-order valence-corrected chi connectivity index (χ1v) is 9.00. The molecule has 0 spiro atoms. The quantitative estimate of drug-likeness (QED) is 0.837. The van der Waals surface area contributed by atoms with Gasteiger partial charge < -0.3 is 14.8 Å². The average molecular weight is 318 g/mol. The van der Waals surface area contributed by atoms with Crippen LogP contribution in [0.1, 0.15) is 31.4 Å². The number of hydrogen-bond donors (Lipinski definition) is 1. The minimum atomic E-state index is 0.416. The normalized spacial score (nSPS) is 25.3. The monoisotopic (exact) mass is 318 g/mol. The van der Waals surface area contributed by atoms with Gasteiger partial charge in [-0.3, -0.25) is 4.90 Å². The van der Waals surface area contributed by atoms with Crippen molar-refractivity contribution < 1.29 is 9.47 Å². The predicted octanol–water partition coefficient (Wildman–Crippen LogP) is 2.46. The molecular weight excluding hydrogens is 288 g/mol. The van der Waals surface area contributed by atoms with E-state index in [9.17, 15) is 0 Å². The highest BCUT2D eigenvalue weighted by molar-refractivity contribution is 5.19. The van der Waals surface area contributed by atoms with Crippen LogP contribution in [-0.4, -0.2) is 57.0 Å². The number of morpholine rings is 1. The van der Waals surface area contributed by atoms with Gasteiger partial charge in [0.05, 0.1) is 13.2 Å². The van der Waals surface area contributed by atoms with E-state index in [0.29, 0.717) is 18.0 Å². The molecule has 2 fully saturated rings. The molecule has 0 radical (unpaired) electrons. The lowest BCUT2D eigenvalue weighted by Crippen LogP contribution is -2.45. The molecule has 3 rings (SSSR count). The summed E-state index contributed by atoms with van der Waals surface area (Å²) in [6, 6.07) is 11.8. The van der Waals surface area contributed by atoms with Crippen LogP contribution in [0.3, 0.4) is 0 Å². The molecule has 2 aliphatic rings. The van der Waals surface area contributed by atoms with Gasteiger partial charge in [-0.15, -0.1) is 0 Å². The van der Waals surface area contributed by atoms with Gasteiger partial charge in [-0.2, -0.15) is 0 Å². The number of rotatable bonds is 7. The summed E-state index contributed by atoms with van der Waals surface area (Å²) < 4.78 is 11.0. The SMILES string of the molecule is C[C@H](CN1CCOCC1)N[C@@H](C[C@@H]1CCOC1)c1ccccc1. The Hall–Kier alpha value is -0.940. The van der Waals surface area contributed by atoms with Gasteiger partial charge in [-0.05, 0) is 31.2 Å². The molecule has 2 aliphatic heterocycles. The molecule has 4 heteroatoms. The molecule has 3 atom stereocenters. The van der Waals surface area contributed by atoms with Gasteiger partial charge in [0.25, 0.3) is 0 Å². The number of benzene rings is 1. The number of hydrogen-bond acceptors (Lipinski definition) is 4. The lowest BCUT2D eigenvalue weighted by atomic mass is 9.93. The maximum atomic E-state index is 5.57. The average Bonchev–Trinajstić information content (AvgIpc) is 3.09. The van der Waals surface area contributed by atoms with E-state index in [-0.39, 0.29) is 0 Å². The van der Waals surface area contributed by atoms with Crippen molar-refractivity contribution in [3.05, 3.63) is 35.9 Å². The van der Waals surface area contributed by atoms with Crippen molar-refractivity contribution in [3.63, 3.8) is 0 Å². The van der Waals surface area contributed by atoms with Crippen LogP contribution in [0.25, 0.3) is 0 Å². The molecular formula is C19H30N2O2. The first-order valence-electron chi connectivity index (χ1n) is 9.00. The summed E-state index contributed by atoms with van der Waals surface area (Å²) in [5.74, 6) is 0.684. The van der Waals surface area contributed by atoms with Crippen LogP contribution in [0.5, 0.6) is 0 Å². The van der Waals surface area contributed by atoms with Crippen LogP contribution in [0.15, 0.2) is 30.3 Å². The van der Waals surface area contributed by atoms with Gasteiger partial charge >= 0.3 is 0 Å². The predicted molar refractivity (Wildman–Crippen MR) is 92.6 cm³/mol. The molecule has 0 amide bonds. The van der Waals surface area contributed by atoms with Crippen molar-refractivity contribution in [2.45, 2.75) is 31.8 Å². The van der Waals surface area contributed by atoms with E-state index < -0.39 is 0 Å². The smallest absolute Gasteiger partial charge is 0.0594 e. The van der Waals surface area contributed by atoms with E-state index in [1.165, 1.54) is 12.0 Å². The Labute approximate surface area is 140 Å². The fraction of sp³-hybridized carbons (Fsp3) is 0.684. The standard InChI is InChI=1S/C19H30N2O2/c1-16(14-21-8-11-22-12-9-21)20-19(13-17-7-10-23-15-17)18-5-3-2-4-6-18/h2-6,16-17,19-20H,7-15H2,1H3/t16-,17+,19+/m1/s1. The van der Waals surface area contributed by atoms with E-state index in [2.05, 4.69) is 47.5 Å². The van der Waals surface area contributed by atoms with Crippen LogP contribution in [0.4, 0.5) is 0 Å². The summed E-state index contributed by atoms with van der Waals surface area (Å²) in [5, 5.41) is 3.87. The van der Waals surface area contributed by atoms with Gasteiger partial charge in [-0.25, -0.2) is 0 Å². The van der Waals surface area contributed by atoms with E-state index in [1.807, 2.05) is 0 Å². The van der Waals surface area contributed by atoms with Crippen LogP contribution >= 0.6 is 0 Å². The molecule has 23 heavy (non-hydrogen) atoms. The second-order valence-corrected chi connectivity index (χ2v) is 6.91. The van der Waals surface area contributed by atoms with Gasteiger partial charge in [0.1, 0.15) is 0 Å². The van der Waals surface area contributed by atoms with Crippen molar-refractivity contribution >= 4 is 0 Å². The first-order chi connectivity index (χ1) is 11.3. The highest BCUT2D eigenvalue weighted by atomic mass is 16.5. The summed E-state index contributed by atoms with van der Waals surface area (Å²) >= 11 is 0. The fourth-order valence-corrected chi connectivity index (χ4v) is 3.66. The summed E-state index contributed by atoms with van der Waals surface area (Å²) in [4.78, 5) is 2.50. The molecule has 0 aliphatic carbocycles. The maximum absolute atomic E-state index is 5.57. The summed E-state index contributed by atoms with van der Waals surface area (Å²) in [6.07, 6.45) is 2.36. The topological polar surface area (TPSA) is 33.7 Å². The minimum Gasteiger partial charge on any atom is -0.381 e. The molecule has 4 nitrogen and oxygen atoms in total. The highest BCUT2D eigenvalue weighted by Crippen LogP contribution is 2.27. The minimum absolute atomic E-state index is 0.416. The molecule has 0 aromatic heterocycles. The van der Waals surface area contributed by atoms with E-state index in [4.69, 9.17) is 9.47 Å². The fourth-order valence-electron chi connectivity index (χ4n) is 3.66. The second-order valence-electron chi connectivity index (χ2n) is 6.91. The number of ether oxygens (including phenoxy) is 2. The van der Waals surface area contributed by atoms with E-state index >= 15 is 0 Å². The van der Waals surface area contributed by atoms with Crippen molar-refractivity contribution in [3.8, 4) is 0 Å². The molecule has 128 valence electrons. The highest BCUT2D eigenvalue weighted by Gasteiger charge is 2.23. The van der Waals surface area contributed by atoms with Crippen LogP contribution in [0.2, 0.25) is 0 Å². The van der Waals surface area contributed by atoms with Crippen molar-refractivity contribution in [2.75, 3.05) is 46.1 Å². The third-order valence-electron chi connectivity index (χ3n) is 4.92. The van der Waals surface area contributed by atoms with E-state index in [1.54, 1.807) is 0 Å². The summed E-state index contributed by atoms with van der Waals surface area (Å²) in [5.41, 5.74) is 1.40. The zero-order valence-electron chi connectivity index (χ0n) is 14.2. The molecule has 2 heterocycles. The molecule has 2 saturated heterocycles. The van der Waals surface area contributed by atoms with Gasteiger partial charge in [-0.1, -0.05) is 30.3 Å². The van der Waals surface area contributed by atoms with Crippen molar-refractivity contribution in [1.82, 2.24) is 10.2 Å². The molecule has 1 N–H and O–H groups in total. The van der Waals surface area contributed by atoms with Crippen molar-refractivity contribution in [1.29, 1.82) is 0 Å². The number of nitrogens with zero attached hydrogens (tertiary/aromatic N) is 1. The molecule has 1 aromatic rings. The summed E-state index contributed by atoms with van der Waals surface area (Å²) in [6.45, 7) is 9.09. The zero-order chi connectivity index (χ0) is 15.9. The largest absolute Gasteiger partial charge is 0.381 e. The third-order valence-corrected chi connectivity index (χ3v) is 4.92. The molecule has 1 aromatic carbocycles. The van der Waals surface area contributed by atoms with Gasteiger partial charge in [0, 0.05) is 44.9 Å². The Bertz CT molecular complexity index is 442. The Morgan fingerprint density at radius 2 is 1.91 bits per heavy atom.